The minimum atomic E-state index is -1.44. The lowest BCUT2D eigenvalue weighted by Gasteiger charge is -2.40. The third-order valence-corrected chi connectivity index (χ3v) is 7.15. The molecule has 180 valence electrons. The molecule has 3 N–H and O–H groups in total. The highest BCUT2D eigenvalue weighted by molar-refractivity contribution is 7.15. The average Bonchev–Trinajstić information content (AvgIpc) is 3.27. The fourth-order valence-corrected chi connectivity index (χ4v) is 5.09. The minimum Gasteiger partial charge on any atom is -0.463 e. The van der Waals surface area contributed by atoms with Gasteiger partial charge in [-0.2, -0.15) is 0 Å². The number of aliphatic hydroxyl groups is 3. The molecule has 2 aromatic carbocycles. The van der Waals surface area contributed by atoms with Gasteiger partial charge in [0.25, 0.3) is 0 Å². The number of benzene rings is 2. The van der Waals surface area contributed by atoms with Crippen molar-refractivity contribution in [2.45, 2.75) is 50.8 Å². The molecule has 8 heteroatoms. The normalized spacial score (nSPS) is 24.7. The fraction of sp³-hybridized carbons (Fsp3) is 0.346. The highest BCUT2D eigenvalue weighted by atomic mass is 32.1. The average molecular weight is 487 g/mol. The van der Waals surface area contributed by atoms with Gasteiger partial charge >= 0.3 is 5.97 Å². The van der Waals surface area contributed by atoms with Gasteiger partial charge in [-0.1, -0.05) is 30.3 Å². The molecule has 3 aromatic rings. The molecule has 5 atom stereocenters. The van der Waals surface area contributed by atoms with Crippen LogP contribution in [0.15, 0.2) is 54.6 Å². The molecule has 0 amide bonds. The van der Waals surface area contributed by atoms with Crippen LogP contribution in [0.25, 0.3) is 10.4 Å². The number of hydrogen-bond acceptors (Lipinski definition) is 7. The fourth-order valence-electron chi connectivity index (χ4n) is 4.05. The third-order valence-electron chi connectivity index (χ3n) is 6.02. The van der Waals surface area contributed by atoms with Crippen LogP contribution in [0, 0.1) is 12.7 Å². The van der Waals surface area contributed by atoms with E-state index in [0.29, 0.717) is 12.0 Å². The largest absolute Gasteiger partial charge is 0.463 e. The molecule has 0 bridgehead atoms. The number of aliphatic hydroxyl groups excluding tert-OH is 3. The quantitative estimate of drug-likeness (QED) is 0.462. The molecule has 1 fully saturated rings. The lowest BCUT2D eigenvalue weighted by atomic mass is 9.89. The van der Waals surface area contributed by atoms with E-state index in [4.69, 9.17) is 9.47 Å². The number of halogens is 1. The number of carbonyl (C=O) groups excluding carboxylic acids is 1. The Bertz CT molecular complexity index is 1140. The van der Waals surface area contributed by atoms with Crippen LogP contribution >= 0.6 is 11.3 Å². The summed E-state index contributed by atoms with van der Waals surface area (Å²) in [6.07, 6.45) is -5.38. The van der Waals surface area contributed by atoms with E-state index in [1.165, 1.54) is 19.1 Å². The van der Waals surface area contributed by atoms with Crippen LogP contribution in [-0.4, -0.2) is 52.3 Å². The smallest absolute Gasteiger partial charge is 0.302 e. The molecule has 6 nitrogen and oxygen atoms in total. The van der Waals surface area contributed by atoms with Gasteiger partial charge in [-0.05, 0) is 53.4 Å². The molecule has 0 saturated carbocycles. The van der Waals surface area contributed by atoms with Gasteiger partial charge in [-0.15, -0.1) is 11.3 Å². The van der Waals surface area contributed by atoms with Crippen molar-refractivity contribution in [3.63, 3.8) is 0 Å². The first-order valence-corrected chi connectivity index (χ1v) is 11.8. The molecule has 1 aliphatic rings. The van der Waals surface area contributed by atoms with Crippen LogP contribution in [0.5, 0.6) is 0 Å². The molecular formula is C26H27FO6S. The van der Waals surface area contributed by atoms with Gasteiger partial charge in [0.2, 0.25) is 0 Å². The lowest BCUT2D eigenvalue weighted by molar-refractivity contribution is -0.234. The van der Waals surface area contributed by atoms with Crippen LogP contribution in [0.2, 0.25) is 0 Å². The summed E-state index contributed by atoms with van der Waals surface area (Å²) in [4.78, 5) is 13.3. The summed E-state index contributed by atoms with van der Waals surface area (Å²) in [5.74, 6) is -0.797. The first kappa shape index (κ1) is 24.5. The summed E-state index contributed by atoms with van der Waals surface area (Å²) >= 11 is 1.62. The van der Waals surface area contributed by atoms with Gasteiger partial charge < -0.3 is 24.8 Å². The third kappa shape index (κ3) is 5.37. The van der Waals surface area contributed by atoms with Gasteiger partial charge in [0, 0.05) is 23.1 Å². The summed E-state index contributed by atoms with van der Waals surface area (Å²) in [5.41, 5.74) is 3.69. The maximum Gasteiger partial charge on any atom is 0.302 e. The molecule has 2 heterocycles. The van der Waals surface area contributed by atoms with E-state index in [0.717, 1.165) is 26.4 Å². The van der Waals surface area contributed by atoms with Gasteiger partial charge in [-0.3, -0.25) is 4.79 Å². The zero-order valence-electron chi connectivity index (χ0n) is 18.8. The van der Waals surface area contributed by atoms with Gasteiger partial charge in [0.1, 0.15) is 42.9 Å². The van der Waals surface area contributed by atoms with Crippen molar-refractivity contribution in [1.82, 2.24) is 0 Å². The number of hydrogen-bond donors (Lipinski definition) is 3. The van der Waals surface area contributed by atoms with Crippen molar-refractivity contribution in [2.24, 2.45) is 0 Å². The molecule has 0 spiro atoms. The van der Waals surface area contributed by atoms with Crippen molar-refractivity contribution in [3.8, 4) is 10.4 Å². The van der Waals surface area contributed by atoms with Crippen LogP contribution < -0.4 is 0 Å². The maximum absolute atomic E-state index is 13.2. The summed E-state index contributed by atoms with van der Waals surface area (Å²) in [5, 5.41) is 31.2. The van der Waals surface area contributed by atoms with Crippen LogP contribution in [-0.2, 0) is 20.7 Å². The molecule has 3 unspecified atom stereocenters. The Balaban J connectivity index is 1.54. The van der Waals surface area contributed by atoms with Gasteiger partial charge in [-0.25, -0.2) is 4.39 Å². The zero-order valence-corrected chi connectivity index (χ0v) is 19.7. The summed E-state index contributed by atoms with van der Waals surface area (Å²) in [6.45, 7) is 3.01. The molecule has 0 radical (unpaired) electrons. The highest BCUT2D eigenvalue weighted by Gasteiger charge is 2.44. The Hall–Kier alpha value is -2.62. The van der Waals surface area contributed by atoms with Crippen molar-refractivity contribution in [1.29, 1.82) is 0 Å². The lowest BCUT2D eigenvalue weighted by Crippen LogP contribution is -2.55. The maximum atomic E-state index is 13.2. The molecule has 34 heavy (non-hydrogen) atoms. The topological polar surface area (TPSA) is 96.2 Å². The Labute approximate surface area is 201 Å². The molecule has 1 saturated heterocycles. The SMILES string of the molecule is CC(=O)OCC1OC(c2ccc(C)c(Cc3ccc(-c4ccc(F)cc4)s3)c2)[C@H](O)C(O)[C@@H]1O. The standard InChI is InChI=1S/C26H27FO6S/c1-14-3-4-17(26-25(31)24(30)23(29)21(33-26)13-32-15(2)28)11-18(14)12-20-9-10-22(34-20)16-5-7-19(27)8-6-16/h3-11,21,23-26,29-31H,12-13H2,1-2H3/t21?,23-,24?,25-,26?/m1/s1. The predicted molar refractivity (Wildman–Crippen MR) is 126 cm³/mol. The van der Waals surface area contributed by atoms with E-state index < -0.39 is 36.5 Å². The Morgan fingerprint density at radius 2 is 1.76 bits per heavy atom. The number of carbonyl (C=O) groups is 1. The molecule has 0 aliphatic carbocycles. The van der Waals surface area contributed by atoms with Crippen molar-refractivity contribution < 1.29 is 34.0 Å². The molecule has 4 rings (SSSR count). The first-order chi connectivity index (χ1) is 16.2. The van der Waals surface area contributed by atoms with E-state index >= 15 is 0 Å². The first-order valence-electron chi connectivity index (χ1n) is 11.0. The summed E-state index contributed by atoms with van der Waals surface area (Å²) in [6, 6.07) is 16.1. The number of esters is 1. The van der Waals surface area contributed by atoms with Gasteiger partial charge in [0.15, 0.2) is 0 Å². The predicted octanol–water partition coefficient (Wildman–Crippen LogP) is 3.54. The number of ether oxygens (including phenoxy) is 2. The Morgan fingerprint density at radius 3 is 2.47 bits per heavy atom. The van der Waals surface area contributed by atoms with E-state index in [9.17, 15) is 24.5 Å². The van der Waals surface area contributed by atoms with Crippen LogP contribution in [0.1, 0.15) is 34.6 Å². The molecular weight excluding hydrogens is 459 g/mol. The van der Waals surface area contributed by atoms with Crippen LogP contribution in [0.4, 0.5) is 4.39 Å². The number of thiophene rings is 1. The second-order valence-electron chi connectivity index (χ2n) is 8.51. The summed E-state index contributed by atoms with van der Waals surface area (Å²) in [7, 11) is 0. The molecule has 1 aliphatic heterocycles. The van der Waals surface area contributed by atoms with E-state index in [1.807, 2.05) is 37.3 Å². The molecule has 1 aromatic heterocycles. The second-order valence-corrected chi connectivity index (χ2v) is 9.67. The monoisotopic (exact) mass is 486 g/mol. The van der Waals surface area contributed by atoms with Crippen molar-refractivity contribution >= 4 is 17.3 Å². The highest BCUT2D eigenvalue weighted by Crippen LogP contribution is 2.35. The van der Waals surface area contributed by atoms with E-state index in [-0.39, 0.29) is 12.4 Å². The Morgan fingerprint density at radius 1 is 1.03 bits per heavy atom. The second kappa shape index (κ2) is 10.3. The number of aryl methyl sites for hydroxylation is 1. The van der Waals surface area contributed by atoms with E-state index in [1.54, 1.807) is 23.5 Å². The van der Waals surface area contributed by atoms with E-state index in [2.05, 4.69) is 0 Å². The van der Waals surface area contributed by atoms with Gasteiger partial charge in [0.05, 0.1) is 0 Å². The Kier molecular flexibility index (Phi) is 7.45. The van der Waals surface area contributed by atoms with Crippen molar-refractivity contribution in [2.75, 3.05) is 6.61 Å². The van der Waals surface area contributed by atoms with Crippen molar-refractivity contribution in [3.05, 3.63) is 82.0 Å². The minimum absolute atomic E-state index is 0.225. The number of rotatable bonds is 6. The summed E-state index contributed by atoms with van der Waals surface area (Å²) < 4.78 is 24.1. The van der Waals surface area contributed by atoms with Crippen LogP contribution in [0.3, 0.4) is 0 Å². The zero-order chi connectivity index (χ0) is 24.4.